The number of carbonyl (C=O) groups is 3. The molecule has 3 aliphatic rings. The molecule has 1 heterocycles. The van der Waals surface area contributed by atoms with E-state index in [1.807, 2.05) is 55.5 Å². The van der Waals surface area contributed by atoms with Crippen molar-refractivity contribution in [2.24, 2.45) is 10.8 Å². The number of nitrogens with one attached hydrogen (secondary N) is 2. The monoisotopic (exact) mass is 512 g/mol. The standard InChI is InChI=1S/C32H36N2O4/c1-19-6-10-21(11-7-19)33-27(37)18-38-22-12-8-20(9-13-22)28-29-23(14-31(2,3)16-25(29)35)34-24-15-32(4,5)17-26(36)30(24)28/h6-13,28,34H,14-18H2,1-5H3,(H,33,37). The number of amides is 1. The number of dihydropyridines is 1. The van der Waals surface area contributed by atoms with Crippen LogP contribution < -0.4 is 15.4 Å². The summed E-state index contributed by atoms with van der Waals surface area (Å²) in [6.45, 7) is 10.3. The van der Waals surface area contributed by atoms with Gasteiger partial charge < -0.3 is 15.4 Å². The van der Waals surface area contributed by atoms with Crippen molar-refractivity contribution in [2.45, 2.75) is 66.2 Å². The van der Waals surface area contributed by atoms with E-state index in [0.717, 1.165) is 52.2 Å². The zero-order chi connectivity index (χ0) is 27.2. The van der Waals surface area contributed by atoms with Crippen LogP contribution in [0.15, 0.2) is 71.1 Å². The van der Waals surface area contributed by atoms with Gasteiger partial charge in [-0.05, 0) is 60.4 Å². The molecular weight excluding hydrogens is 476 g/mol. The lowest BCUT2D eigenvalue weighted by Crippen LogP contribution is -2.42. The maximum absolute atomic E-state index is 13.4. The molecule has 0 radical (unpaired) electrons. The molecule has 0 unspecified atom stereocenters. The van der Waals surface area contributed by atoms with Crippen LogP contribution in [0.2, 0.25) is 0 Å². The summed E-state index contributed by atoms with van der Waals surface area (Å²) in [5.74, 6) is 0.133. The van der Waals surface area contributed by atoms with Gasteiger partial charge in [-0.1, -0.05) is 57.5 Å². The maximum Gasteiger partial charge on any atom is 0.262 e. The van der Waals surface area contributed by atoms with E-state index < -0.39 is 0 Å². The van der Waals surface area contributed by atoms with Crippen molar-refractivity contribution < 1.29 is 19.1 Å². The number of aryl methyl sites for hydroxylation is 1. The fourth-order valence-corrected chi connectivity index (χ4v) is 5.96. The highest BCUT2D eigenvalue weighted by molar-refractivity contribution is 6.06. The van der Waals surface area contributed by atoms with E-state index in [-0.39, 0.29) is 40.8 Å². The summed E-state index contributed by atoms with van der Waals surface area (Å²) in [5, 5.41) is 6.37. The number of ether oxygens (including phenoxy) is 1. The lowest BCUT2D eigenvalue weighted by molar-refractivity contribution is -0.119. The quantitative estimate of drug-likeness (QED) is 0.514. The number of Topliss-reactive ketones (excluding diaryl/α,β-unsaturated/α-hetero) is 2. The Balaban J connectivity index is 1.39. The fourth-order valence-electron chi connectivity index (χ4n) is 5.96. The first kappa shape index (κ1) is 26.0. The van der Waals surface area contributed by atoms with Crippen LogP contribution in [0.3, 0.4) is 0 Å². The van der Waals surface area contributed by atoms with Gasteiger partial charge in [-0.3, -0.25) is 14.4 Å². The van der Waals surface area contributed by atoms with Crippen LogP contribution in [0.4, 0.5) is 5.69 Å². The van der Waals surface area contributed by atoms with Crippen LogP contribution >= 0.6 is 0 Å². The Morgan fingerprint density at radius 3 is 1.89 bits per heavy atom. The topological polar surface area (TPSA) is 84.5 Å². The smallest absolute Gasteiger partial charge is 0.262 e. The molecular formula is C32H36N2O4. The Bertz CT molecular complexity index is 1310. The van der Waals surface area contributed by atoms with Gasteiger partial charge in [-0.2, -0.15) is 0 Å². The van der Waals surface area contributed by atoms with Gasteiger partial charge in [0.15, 0.2) is 18.2 Å². The molecule has 5 rings (SSSR count). The third kappa shape index (κ3) is 5.31. The Morgan fingerprint density at radius 2 is 1.37 bits per heavy atom. The third-order valence-corrected chi connectivity index (χ3v) is 7.64. The summed E-state index contributed by atoms with van der Waals surface area (Å²) in [6, 6.07) is 15.0. The van der Waals surface area contributed by atoms with E-state index in [1.54, 1.807) is 0 Å². The van der Waals surface area contributed by atoms with Crippen LogP contribution in [0.1, 0.15) is 70.4 Å². The van der Waals surface area contributed by atoms with Crippen LogP contribution in [0.25, 0.3) is 0 Å². The van der Waals surface area contributed by atoms with Gasteiger partial charge >= 0.3 is 0 Å². The van der Waals surface area contributed by atoms with E-state index >= 15 is 0 Å². The Hall–Kier alpha value is -3.67. The number of rotatable bonds is 5. The molecule has 6 nitrogen and oxygen atoms in total. The van der Waals surface area contributed by atoms with Gasteiger partial charge in [0.25, 0.3) is 5.91 Å². The molecule has 0 fully saturated rings. The average molecular weight is 513 g/mol. The van der Waals surface area contributed by atoms with Gasteiger partial charge in [0.2, 0.25) is 0 Å². The summed E-state index contributed by atoms with van der Waals surface area (Å²) >= 11 is 0. The molecule has 0 saturated carbocycles. The van der Waals surface area contributed by atoms with Crippen LogP contribution in [-0.4, -0.2) is 24.1 Å². The second-order valence-corrected chi connectivity index (χ2v) is 12.5. The second-order valence-electron chi connectivity index (χ2n) is 12.5. The average Bonchev–Trinajstić information content (AvgIpc) is 2.81. The number of allylic oxidation sites excluding steroid dienone is 4. The van der Waals surface area contributed by atoms with Gasteiger partial charge in [0.05, 0.1) is 0 Å². The number of carbonyl (C=O) groups excluding carboxylic acids is 3. The van der Waals surface area contributed by atoms with Crippen molar-refractivity contribution in [1.29, 1.82) is 0 Å². The predicted molar refractivity (Wildman–Crippen MR) is 148 cm³/mol. The molecule has 2 aliphatic carbocycles. The van der Waals surface area contributed by atoms with Crippen LogP contribution in [0.5, 0.6) is 5.75 Å². The molecule has 0 bridgehead atoms. The van der Waals surface area contributed by atoms with Crippen LogP contribution in [-0.2, 0) is 14.4 Å². The zero-order valence-electron chi connectivity index (χ0n) is 22.9. The molecule has 198 valence electrons. The molecule has 2 N–H and O–H groups in total. The molecule has 1 aliphatic heterocycles. The molecule has 1 amide bonds. The zero-order valence-corrected chi connectivity index (χ0v) is 22.9. The van der Waals surface area contributed by atoms with Gasteiger partial charge in [0, 0.05) is 47.0 Å². The highest BCUT2D eigenvalue weighted by Crippen LogP contribution is 2.51. The Morgan fingerprint density at radius 1 is 0.842 bits per heavy atom. The Kier molecular flexibility index (Phi) is 6.54. The summed E-state index contributed by atoms with van der Waals surface area (Å²) in [4.78, 5) is 39.2. The molecule has 2 aromatic carbocycles. The van der Waals surface area contributed by atoms with Crippen molar-refractivity contribution in [3.05, 3.63) is 82.2 Å². The number of hydrogen-bond donors (Lipinski definition) is 2. The molecule has 2 aromatic rings. The molecule has 6 heteroatoms. The molecule has 0 saturated heterocycles. The minimum absolute atomic E-state index is 0.103. The fraction of sp³-hybridized carbons (Fsp3) is 0.406. The van der Waals surface area contributed by atoms with Crippen molar-refractivity contribution in [1.82, 2.24) is 5.32 Å². The summed E-state index contributed by atoms with van der Waals surface area (Å²) in [6.07, 6.45) is 2.47. The van der Waals surface area contributed by atoms with Gasteiger partial charge in [0.1, 0.15) is 5.75 Å². The summed E-state index contributed by atoms with van der Waals surface area (Å²) in [7, 11) is 0. The largest absolute Gasteiger partial charge is 0.484 e. The number of anilines is 1. The molecule has 38 heavy (non-hydrogen) atoms. The highest BCUT2D eigenvalue weighted by Gasteiger charge is 2.46. The van der Waals surface area contributed by atoms with Gasteiger partial charge in [-0.25, -0.2) is 0 Å². The third-order valence-electron chi connectivity index (χ3n) is 7.64. The van der Waals surface area contributed by atoms with E-state index in [9.17, 15) is 14.4 Å². The molecule has 0 spiro atoms. The minimum Gasteiger partial charge on any atom is -0.484 e. The highest BCUT2D eigenvalue weighted by atomic mass is 16.5. The van der Waals surface area contributed by atoms with E-state index in [0.29, 0.717) is 18.6 Å². The summed E-state index contributed by atoms with van der Waals surface area (Å²) in [5.41, 5.74) is 5.83. The lowest BCUT2D eigenvalue weighted by atomic mass is 9.64. The lowest BCUT2D eigenvalue weighted by Gasteiger charge is -2.44. The first-order valence-electron chi connectivity index (χ1n) is 13.3. The first-order valence-corrected chi connectivity index (χ1v) is 13.3. The maximum atomic E-state index is 13.4. The first-order chi connectivity index (χ1) is 17.9. The predicted octanol–water partition coefficient (Wildman–Crippen LogP) is 5.99. The summed E-state index contributed by atoms with van der Waals surface area (Å²) < 4.78 is 5.73. The normalized spacial score (nSPS) is 20.4. The minimum atomic E-state index is -0.382. The van der Waals surface area contributed by atoms with Crippen LogP contribution in [0, 0.1) is 17.8 Å². The SMILES string of the molecule is Cc1ccc(NC(=O)COc2ccc(C3C4=C(CC(C)(C)CC4=O)NC4=C3C(=O)CC(C)(C)C4)cc2)cc1. The van der Waals surface area contributed by atoms with Crippen molar-refractivity contribution in [3.8, 4) is 5.75 Å². The molecule has 0 aromatic heterocycles. The number of ketones is 2. The van der Waals surface area contributed by atoms with E-state index in [4.69, 9.17) is 4.74 Å². The Labute approximate surface area is 224 Å². The number of hydrogen-bond acceptors (Lipinski definition) is 5. The van der Waals surface area contributed by atoms with Crippen molar-refractivity contribution in [3.63, 3.8) is 0 Å². The van der Waals surface area contributed by atoms with E-state index in [1.165, 1.54) is 0 Å². The van der Waals surface area contributed by atoms with Crippen molar-refractivity contribution in [2.75, 3.05) is 11.9 Å². The molecule has 0 atom stereocenters. The second kappa shape index (κ2) is 9.57. The number of benzene rings is 2. The van der Waals surface area contributed by atoms with Gasteiger partial charge in [-0.15, -0.1) is 0 Å². The van der Waals surface area contributed by atoms with Crippen molar-refractivity contribution >= 4 is 23.2 Å². The van der Waals surface area contributed by atoms with E-state index in [2.05, 4.69) is 38.3 Å².